The van der Waals surface area contributed by atoms with Gasteiger partial charge in [0.05, 0.1) is 6.61 Å². The van der Waals surface area contributed by atoms with E-state index in [1.54, 1.807) is 62.3 Å². The van der Waals surface area contributed by atoms with Gasteiger partial charge in [-0.25, -0.2) is 9.37 Å². The molecule has 0 N–H and O–H groups in total. The van der Waals surface area contributed by atoms with Crippen molar-refractivity contribution in [2.75, 3.05) is 25.6 Å². The van der Waals surface area contributed by atoms with E-state index in [-0.39, 0.29) is 23.7 Å². The Labute approximate surface area is 151 Å². The fourth-order valence-corrected chi connectivity index (χ4v) is 4.73. The first kappa shape index (κ1) is 18.4. The van der Waals surface area contributed by atoms with Crippen molar-refractivity contribution in [2.45, 2.75) is 6.92 Å². The van der Waals surface area contributed by atoms with Gasteiger partial charge in [0, 0.05) is 25.0 Å². The Hall–Kier alpha value is -2.43. The van der Waals surface area contributed by atoms with Gasteiger partial charge in [0.25, 0.3) is 7.37 Å². The Bertz CT molecular complexity index is 924. The van der Waals surface area contributed by atoms with Crippen LogP contribution in [0.1, 0.15) is 6.92 Å². The number of hydrogen-bond donors (Lipinski definition) is 0. The maximum absolute atomic E-state index is 13.8. The summed E-state index contributed by atoms with van der Waals surface area (Å²) in [5.41, 5.74) is 0.840. The van der Waals surface area contributed by atoms with E-state index >= 15 is 0 Å². The molecule has 26 heavy (non-hydrogen) atoms. The van der Waals surface area contributed by atoms with Gasteiger partial charge >= 0.3 is 0 Å². The summed E-state index contributed by atoms with van der Waals surface area (Å²) in [6.45, 7) is 2.05. The van der Waals surface area contributed by atoms with Crippen LogP contribution in [0.3, 0.4) is 0 Å². The van der Waals surface area contributed by atoms with Crippen LogP contribution in [0.25, 0.3) is 11.5 Å². The number of nitrogens with zero attached hydrogens (tertiary/aromatic N) is 2. The van der Waals surface area contributed by atoms with E-state index in [2.05, 4.69) is 4.98 Å². The quantitative estimate of drug-likeness (QED) is 0.614. The fourth-order valence-electron chi connectivity index (χ4n) is 2.57. The molecule has 0 bridgehead atoms. The second-order valence-corrected chi connectivity index (χ2v) is 8.16. The molecule has 0 amide bonds. The van der Waals surface area contributed by atoms with Crippen molar-refractivity contribution in [1.82, 2.24) is 4.98 Å². The van der Waals surface area contributed by atoms with Crippen LogP contribution in [-0.4, -0.2) is 25.7 Å². The largest absolute Gasteiger partial charge is 0.420 e. The monoisotopic (exact) mass is 374 g/mol. The van der Waals surface area contributed by atoms with Crippen molar-refractivity contribution >= 4 is 24.0 Å². The van der Waals surface area contributed by atoms with Gasteiger partial charge in [0.15, 0.2) is 5.44 Å². The molecule has 0 aliphatic carbocycles. The number of rotatable bonds is 6. The SMILES string of the molecule is CCOP(=O)(c1ccccc1)c1nc(-c2ccc(F)cc2)oc1N(C)C. The molecule has 0 aliphatic heterocycles. The lowest BCUT2D eigenvalue weighted by molar-refractivity contribution is 0.347. The maximum Gasteiger partial charge on any atom is 0.284 e. The van der Waals surface area contributed by atoms with Gasteiger partial charge in [0.2, 0.25) is 11.8 Å². The lowest BCUT2D eigenvalue weighted by Gasteiger charge is -2.18. The molecule has 7 heteroatoms. The first-order chi connectivity index (χ1) is 12.5. The van der Waals surface area contributed by atoms with Crippen LogP contribution in [0.2, 0.25) is 0 Å². The summed E-state index contributed by atoms with van der Waals surface area (Å²) in [5.74, 6) is 0.266. The lowest BCUT2D eigenvalue weighted by atomic mass is 10.2. The second-order valence-electron chi connectivity index (χ2n) is 5.85. The van der Waals surface area contributed by atoms with Crippen molar-refractivity contribution in [3.8, 4) is 11.5 Å². The summed E-state index contributed by atoms with van der Waals surface area (Å²) in [5, 5.41) is 0.545. The molecule has 0 saturated carbocycles. The molecule has 3 aromatic rings. The third-order valence-electron chi connectivity index (χ3n) is 3.78. The van der Waals surface area contributed by atoms with Gasteiger partial charge in [-0.3, -0.25) is 4.57 Å². The van der Waals surface area contributed by atoms with E-state index in [9.17, 15) is 8.96 Å². The number of hydrogen-bond acceptors (Lipinski definition) is 5. The normalized spacial score (nSPS) is 13.4. The predicted octanol–water partition coefficient (Wildman–Crippen LogP) is 3.81. The second kappa shape index (κ2) is 7.44. The Kier molecular flexibility index (Phi) is 5.25. The average Bonchev–Trinajstić information content (AvgIpc) is 3.09. The van der Waals surface area contributed by atoms with Crippen LogP contribution >= 0.6 is 7.37 Å². The molecule has 1 unspecified atom stereocenters. The number of benzene rings is 2. The molecular formula is C19H20FN2O3P. The molecular weight excluding hydrogens is 354 g/mol. The zero-order valence-corrected chi connectivity index (χ0v) is 15.7. The minimum Gasteiger partial charge on any atom is -0.420 e. The molecule has 0 aliphatic rings. The smallest absolute Gasteiger partial charge is 0.284 e. The van der Waals surface area contributed by atoms with Crippen LogP contribution in [-0.2, 0) is 9.09 Å². The summed E-state index contributed by atoms with van der Waals surface area (Å²) in [6.07, 6.45) is 0. The van der Waals surface area contributed by atoms with Gasteiger partial charge in [-0.2, -0.15) is 0 Å². The summed E-state index contributed by atoms with van der Waals surface area (Å²) < 4.78 is 38.6. The number of oxazole rings is 1. The summed E-state index contributed by atoms with van der Waals surface area (Å²) in [4.78, 5) is 6.18. The van der Waals surface area contributed by atoms with Crippen molar-refractivity contribution in [1.29, 1.82) is 0 Å². The van der Waals surface area contributed by atoms with Crippen LogP contribution in [0.5, 0.6) is 0 Å². The van der Waals surface area contributed by atoms with Gasteiger partial charge < -0.3 is 13.8 Å². The first-order valence-corrected chi connectivity index (χ1v) is 9.83. The molecule has 0 spiro atoms. The zero-order chi connectivity index (χ0) is 18.7. The van der Waals surface area contributed by atoms with E-state index in [4.69, 9.17) is 8.94 Å². The van der Waals surface area contributed by atoms with Gasteiger partial charge in [-0.05, 0) is 43.3 Å². The maximum atomic E-state index is 13.8. The minimum atomic E-state index is -3.45. The highest BCUT2D eigenvalue weighted by Crippen LogP contribution is 2.47. The van der Waals surface area contributed by atoms with Crippen LogP contribution in [0.4, 0.5) is 10.3 Å². The van der Waals surface area contributed by atoms with E-state index in [1.165, 1.54) is 12.1 Å². The number of aromatic nitrogens is 1. The zero-order valence-electron chi connectivity index (χ0n) is 14.8. The van der Waals surface area contributed by atoms with Crippen molar-refractivity contribution in [2.24, 2.45) is 0 Å². The molecule has 0 radical (unpaired) electrons. The molecule has 0 saturated heterocycles. The highest BCUT2D eigenvalue weighted by Gasteiger charge is 2.36. The van der Waals surface area contributed by atoms with Crippen LogP contribution in [0.15, 0.2) is 59.0 Å². The highest BCUT2D eigenvalue weighted by molar-refractivity contribution is 7.74. The molecule has 1 heterocycles. The van der Waals surface area contributed by atoms with E-state index in [0.29, 0.717) is 16.8 Å². The topological polar surface area (TPSA) is 55.6 Å². The third kappa shape index (κ3) is 3.43. The molecule has 1 atom stereocenters. The predicted molar refractivity (Wildman–Crippen MR) is 101 cm³/mol. The van der Waals surface area contributed by atoms with Crippen molar-refractivity contribution in [3.05, 3.63) is 60.4 Å². The number of halogens is 1. The van der Waals surface area contributed by atoms with Crippen molar-refractivity contribution < 1.29 is 17.9 Å². The van der Waals surface area contributed by atoms with E-state index < -0.39 is 7.37 Å². The number of anilines is 1. The molecule has 5 nitrogen and oxygen atoms in total. The van der Waals surface area contributed by atoms with E-state index in [0.717, 1.165) is 0 Å². The summed E-state index contributed by atoms with van der Waals surface area (Å²) >= 11 is 0. The highest BCUT2D eigenvalue weighted by atomic mass is 31.2. The molecule has 0 fully saturated rings. The summed E-state index contributed by atoms with van der Waals surface area (Å²) in [7, 11) is 0.110. The lowest BCUT2D eigenvalue weighted by Crippen LogP contribution is -2.24. The standard InChI is InChI=1S/C19H20FN2O3P/c1-4-24-26(23,16-8-6-5-7-9-16)18-19(22(2)3)25-17(21-18)14-10-12-15(20)13-11-14/h5-13H,4H2,1-3H3. The Morgan fingerprint density at radius 3 is 2.35 bits per heavy atom. The third-order valence-corrected chi connectivity index (χ3v) is 6.22. The Morgan fingerprint density at radius 1 is 1.12 bits per heavy atom. The minimum absolute atomic E-state index is 0.245. The van der Waals surface area contributed by atoms with Crippen molar-refractivity contribution in [3.63, 3.8) is 0 Å². The average molecular weight is 374 g/mol. The van der Waals surface area contributed by atoms with Gasteiger partial charge in [-0.1, -0.05) is 18.2 Å². The fraction of sp³-hybridized carbons (Fsp3) is 0.211. The summed E-state index contributed by atoms with van der Waals surface area (Å²) in [6, 6.07) is 14.7. The van der Waals surface area contributed by atoms with Gasteiger partial charge in [-0.15, -0.1) is 0 Å². The molecule has 136 valence electrons. The molecule has 2 aromatic carbocycles. The molecule has 3 rings (SSSR count). The Balaban J connectivity index is 2.18. The Morgan fingerprint density at radius 2 is 1.77 bits per heavy atom. The first-order valence-electron chi connectivity index (χ1n) is 8.20. The molecule has 1 aromatic heterocycles. The van der Waals surface area contributed by atoms with E-state index in [1.807, 2.05) is 6.07 Å². The van der Waals surface area contributed by atoms with Crippen LogP contribution in [0, 0.1) is 5.82 Å². The van der Waals surface area contributed by atoms with Crippen LogP contribution < -0.4 is 15.6 Å². The van der Waals surface area contributed by atoms with Gasteiger partial charge in [0.1, 0.15) is 5.82 Å².